The monoisotopic (exact) mass is 473 g/mol. The third kappa shape index (κ3) is 4.63. The quantitative estimate of drug-likeness (QED) is 0.303. The largest absolute Gasteiger partial charge is 0.396 e. The van der Waals surface area contributed by atoms with Crippen LogP contribution in [0.2, 0.25) is 0 Å². The van der Waals surface area contributed by atoms with Gasteiger partial charge in [-0.2, -0.15) is 4.98 Å². The van der Waals surface area contributed by atoms with Crippen LogP contribution in [-0.2, 0) is 0 Å². The first-order valence-electron chi connectivity index (χ1n) is 11.9. The van der Waals surface area contributed by atoms with Crippen molar-refractivity contribution in [2.75, 3.05) is 17.2 Å². The number of aryl methyl sites for hydroxylation is 1. The lowest BCUT2D eigenvalue weighted by Gasteiger charge is -2.20. The molecule has 34 heavy (non-hydrogen) atoms. The third-order valence-corrected chi connectivity index (χ3v) is 7.92. The number of hydrogen-bond acceptors (Lipinski definition) is 7. The Morgan fingerprint density at radius 1 is 1.03 bits per heavy atom. The third-order valence-electron chi connectivity index (χ3n) is 6.87. The maximum atomic E-state index is 9.76. The van der Waals surface area contributed by atoms with Crippen molar-refractivity contribution in [3.05, 3.63) is 65.9 Å². The van der Waals surface area contributed by atoms with Crippen LogP contribution >= 0.6 is 11.3 Å². The molecule has 0 unspecified atom stereocenters. The molecule has 5 rings (SSSR count). The van der Waals surface area contributed by atoms with E-state index in [4.69, 9.17) is 15.0 Å². The second kappa shape index (κ2) is 9.68. The predicted octanol–water partition coefficient (Wildman–Crippen LogP) is 6.05. The lowest BCUT2D eigenvalue weighted by Crippen LogP contribution is -2.19. The van der Waals surface area contributed by atoms with Gasteiger partial charge < -0.3 is 15.7 Å². The van der Waals surface area contributed by atoms with Gasteiger partial charge in [0.2, 0.25) is 5.95 Å². The van der Waals surface area contributed by atoms with Gasteiger partial charge in [-0.25, -0.2) is 9.97 Å². The van der Waals surface area contributed by atoms with Crippen molar-refractivity contribution in [2.45, 2.75) is 45.7 Å². The number of benzene rings is 2. The van der Waals surface area contributed by atoms with Crippen molar-refractivity contribution in [1.82, 2.24) is 15.0 Å². The number of nitrogens with one attached hydrogen (secondary N) is 2. The summed E-state index contributed by atoms with van der Waals surface area (Å²) in [5, 5.41) is 17.9. The molecule has 2 aromatic heterocycles. The van der Waals surface area contributed by atoms with E-state index in [1.807, 2.05) is 43.3 Å². The molecule has 1 fully saturated rings. The smallest absolute Gasteiger partial charge is 0.225 e. The molecule has 0 saturated heterocycles. The van der Waals surface area contributed by atoms with E-state index in [2.05, 4.69) is 42.7 Å². The average molecular weight is 474 g/mol. The van der Waals surface area contributed by atoms with Gasteiger partial charge in [0, 0.05) is 12.6 Å². The number of aliphatic hydroxyl groups excluding tert-OH is 1. The summed E-state index contributed by atoms with van der Waals surface area (Å²) in [5.41, 5.74) is 4.02. The van der Waals surface area contributed by atoms with Gasteiger partial charge in [0.1, 0.15) is 10.8 Å². The first kappa shape index (κ1) is 22.7. The molecule has 3 N–H and O–H groups in total. The highest BCUT2D eigenvalue weighted by Crippen LogP contribution is 2.39. The summed E-state index contributed by atoms with van der Waals surface area (Å²) in [6.45, 7) is 6.60. The number of aliphatic hydroxyl groups is 1. The van der Waals surface area contributed by atoms with Crippen LogP contribution in [0.25, 0.3) is 20.8 Å². The summed E-state index contributed by atoms with van der Waals surface area (Å²) >= 11 is 1.67. The fourth-order valence-corrected chi connectivity index (χ4v) is 5.96. The number of para-hydroxylation sites is 1. The number of fused-ring (bicyclic) bond motifs is 1. The topological polar surface area (TPSA) is 83.0 Å². The number of nitrogens with zero attached hydrogens (tertiary/aromatic N) is 3. The summed E-state index contributed by atoms with van der Waals surface area (Å²) < 4.78 is 1.15. The van der Waals surface area contributed by atoms with Crippen LogP contribution in [-0.4, -0.2) is 32.7 Å². The fraction of sp³-hybridized carbons (Fsp3) is 0.370. The van der Waals surface area contributed by atoms with Crippen LogP contribution in [0.15, 0.2) is 54.6 Å². The SMILES string of the molecule is Cc1nc(N[C@H](C)c2ccccc2)nc(N[C@@H]2C[C@H](CO)[C@@H](C)C2)c1-c1nc2ccccc2s1. The highest BCUT2D eigenvalue weighted by Gasteiger charge is 2.32. The van der Waals surface area contributed by atoms with Crippen LogP contribution in [0.3, 0.4) is 0 Å². The van der Waals surface area contributed by atoms with Crippen molar-refractivity contribution in [3.63, 3.8) is 0 Å². The van der Waals surface area contributed by atoms with Gasteiger partial charge in [-0.15, -0.1) is 11.3 Å². The summed E-state index contributed by atoms with van der Waals surface area (Å²) in [5.74, 6) is 2.21. The standard InChI is InChI=1S/C27H31N5OS/c1-16-13-21(14-20(16)15-33)30-25-24(26-31-22-11-7-8-12-23(22)34-26)18(3)29-27(32-25)28-17(2)19-9-5-4-6-10-19/h4-12,16-17,20-21,33H,13-15H2,1-3H3,(H2,28,29,30,32)/t16-,17+,20+,21-/m0/s1. The van der Waals surface area contributed by atoms with E-state index in [1.165, 1.54) is 5.56 Å². The molecule has 0 radical (unpaired) electrons. The van der Waals surface area contributed by atoms with E-state index in [9.17, 15) is 5.11 Å². The Morgan fingerprint density at radius 3 is 2.53 bits per heavy atom. The summed E-state index contributed by atoms with van der Waals surface area (Å²) in [7, 11) is 0. The Balaban J connectivity index is 1.52. The van der Waals surface area contributed by atoms with Gasteiger partial charge in [-0.05, 0) is 56.2 Å². The van der Waals surface area contributed by atoms with Crippen LogP contribution in [0.4, 0.5) is 11.8 Å². The molecule has 0 bridgehead atoms. The molecule has 0 amide bonds. The number of anilines is 2. The number of thiazole rings is 1. The van der Waals surface area contributed by atoms with E-state index >= 15 is 0 Å². The molecule has 1 aliphatic rings. The van der Waals surface area contributed by atoms with Crippen LogP contribution < -0.4 is 10.6 Å². The molecule has 6 nitrogen and oxygen atoms in total. The number of rotatable bonds is 7. The minimum absolute atomic E-state index is 0.0759. The molecule has 7 heteroatoms. The van der Waals surface area contributed by atoms with Crippen molar-refractivity contribution in [3.8, 4) is 10.6 Å². The molecule has 176 valence electrons. The second-order valence-electron chi connectivity index (χ2n) is 9.35. The zero-order chi connectivity index (χ0) is 23.7. The normalized spacial score (nSPS) is 21.0. The summed E-state index contributed by atoms with van der Waals surface area (Å²) in [6, 6.07) is 18.9. The molecule has 4 aromatic rings. The van der Waals surface area contributed by atoms with Gasteiger partial charge in [0.15, 0.2) is 0 Å². The van der Waals surface area contributed by atoms with E-state index in [0.29, 0.717) is 17.8 Å². The Labute approximate surface area is 204 Å². The molecular formula is C27H31N5OS. The Bertz CT molecular complexity index is 1240. The van der Waals surface area contributed by atoms with Crippen LogP contribution in [0, 0.1) is 18.8 Å². The minimum atomic E-state index is 0.0759. The Kier molecular flexibility index (Phi) is 6.48. The van der Waals surface area contributed by atoms with Gasteiger partial charge in [0.05, 0.1) is 27.5 Å². The van der Waals surface area contributed by atoms with E-state index in [-0.39, 0.29) is 18.7 Å². The zero-order valence-electron chi connectivity index (χ0n) is 19.8. The first-order chi connectivity index (χ1) is 16.5. The van der Waals surface area contributed by atoms with Crippen molar-refractivity contribution in [2.24, 2.45) is 11.8 Å². The van der Waals surface area contributed by atoms with Crippen molar-refractivity contribution < 1.29 is 5.11 Å². The average Bonchev–Trinajstić information content (AvgIpc) is 3.41. The minimum Gasteiger partial charge on any atom is -0.396 e. The second-order valence-corrected chi connectivity index (χ2v) is 10.4. The van der Waals surface area contributed by atoms with E-state index in [1.54, 1.807) is 11.3 Å². The van der Waals surface area contributed by atoms with Crippen molar-refractivity contribution in [1.29, 1.82) is 0 Å². The van der Waals surface area contributed by atoms with E-state index in [0.717, 1.165) is 45.1 Å². The summed E-state index contributed by atoms with van der Waals surface area (Å²) in [4.78, 5) is 14.7. The maximum absolute atomic E-state index is 9.76. The van der Waals surface area contributed by atoms with Crippen LogP contribution in [0.1, 0.15) is 44.0 Å². The molecule has 1 aliphatic carbocycles. The molecule has 0 aliphatic heterocycles. The Morgan fingerprint density at radius 2 is 1.79 bits per heavy atom. The van der Waals surface area contributed by atoms with Gasteiger partial charge in [0.25, 0.3) is 0 Å². The molecular weight excluding hydrogens is 442 g/mol. The maximum Gasteiger partial charge on any atom is 0.225 e. The molecule has 0 spiro atoms. The molecule has 2 heterocycles. The Hall–Kier alpha value is -3.03. The zero-order valence-corrected chi connectivity index (χ0v) is 20.6. The van der Waals surface area contributed by atoms with Gasteiger partial charge in [-0.3, -0.25) is 0 Å². The number of aromatic nitrogens is 3. The fourth-order valence-electron chi connectivity index (χ4n) is 4.90. The van der Waals surface area contributed by atoms with Crippen LogP contribution in [0.5, 0.6) is 0 Å². The van der Waals surface area contributed by atoms with Gasteiger partial charge in [-0.1, -0.05) is 49.4 Å². The predicted molar refractivity (Wildman–Crippen MR) is 140 cm³/mol. The summed E-state index contributed by atoms with van der Waals surface area (Å²) in [6.07, 6.45) is 1.94. The first-order valence-corrected chi connectivity index (χ1v) is 12.8. The molecule has 2 aromatic carbocycles. The lowest BCUT2D eigenvalue weighted by atomic mass is 10.00. The van der Waals surface area contributed by atoms with Crippen molar-refractivity contribution >= 4 is 33.3 Å². The molecule has 1 saturated carbocycles. The lowest BCUT2D eigenvalue weighted by molar-refractivity contribution is 0.201. The molecule has 4 atom stereocenters. The highest BCUT2D eigenvalue weighted by molar-refractivity contribution is 7.21. The highest BCUT2D eigenvalue weighted by atomic mass is 32.1. The van der Waals surface area contributed by atoms with E-state index < -0.39 is 0 Å². The number of hydrogen-bond donors (Lipinski definition) is 3. The van der Waals surface area contributed by atoms with Gasteiger partial charge >= 0.3 is 0 Å².